The van der Waals surface area contributed by atoms with Crippen LogP contribution in [-0.4, -0.2) is 29.6 Å². The quantitative estimate of drug-likeness (QED) is 0.910. The van der Waals surface area contributed by atoms with Gasteiger partial charge in [-0.2, -0.15) is 5.26 Å². The fourth-order valence-electron chi connectivity index (χ4n) is 3.97. The van der Waals surface area contributed by atoms with Crippen molar-refractivity contribution in [2.24, 2.45) is 5.92 Å². The van der Waals surface area contributed by atoms with Gasteiger partial charge in [0.25, 0.3) is 0 Å². The summed E-state index contributed by atoms with van der Waals surface area (Å²) in [4.78, 5) is 13.2. The maximum Gasteiger partial charge on any atom is 0.317 e. The van der Waals surface area contributed by atoms with Gasteiger partial charge in [0.05, 0.1) is 18.2 Å². The fourth-order valence-corrected chi connectivity index (χ4v) is 3.97. The van der Waals surface area contributed by atoms with Crippen molar-refractivity contribution in [1.29, 1.82) is 5.26 Å². The first kappa shape index (κ1) is 17.2. The lowest BCUT2D eigenvalue weighted by atomic mass is 9.77. The third kappa shape index (κ3) is 3.89. The third-order valence-corrected chi connectivity index (χ3v) is 5.05. The highest BCUT2D eigenvalue weighted by Gasteiger charge is 2.31. The lowest BCUT2D eigenvalue weighted by Gasteiger charge is -2.37. The van der Waals surface area contributed by atoms with Gasteiger partial charge in [-0.3, -0.25) is 9.69 Å². The van der Waals surface area contributed by atoms with E-state index in [1.807, 2.05) is 42.3 Å². The van der Waals surface area contributed by atoms with E-state index >= 15 is 0 Å². The van der Waals surface area contributed by atoms with Crippen LogP contribution in [0.3, 0.4) is 0 Å². The molecular formula is C21H22N2O2. The monoisotopic (exact) mass is 334 g/mol. The molecule has 0 fully saturated rings. The molecule has 0 bridgehead atoms. The normalized spacial score (nSPS) is 17.6. The molecule has 4 nitrogen and oxygen atoms in total. The molecule has 0 saturated heterocycles. The molecule has 2 unspecified atom stereocenters. The van der Waals surface area contributed by atoms with E-state index in [0.717, 1.165) is 24.8 Å². The Morgan fingerprint density at radius 1 is 1.28 bits per heavy atom. The van der Waals surface area contributed by atoms with Gasteiger partial charge < -0.3 is 5.11 Å². The van der Waals surface area contributed by atoms with Crippen LogP contribution in [0.2, 0.25) is 0 Å². The molecule has 1 aliphatic carbocycles. The second-order valence-corrected chi connectivity index (χ2v) is 6.76. The van der Waals surface area contributed by atoms with Crippen LogP contribution in [0.5, 0.6) is 0 Å². The summed E-state index contributed by atoms with van der Waals surface area (Å²) in [5, 5.41) is 18.3. The number of rotatable bonds is 5. The number of carboxylic acids is 1. The summed E-state index contributed by atoms with van der Waals surface area (Å²) in [7, 11) is 1.89. The smallest absolute Gasteiger partial charge is 0.317 e. The molecule has 2 aromatic rings. The van der Waals surface area contributed by atoms with Crippen molar-refractivity contribution >= 4 is 5.97 Å². The molecule has 128 valence electrons. The number of benzene rings is 2. The first-order chi connectivity index (χ1) is 12.1. The van der Waals surface area contributed by atoms with E-state index < -0.39 is 5.97 Å². The van der Waals surface area contributed by atoms with E-state index in [1.165, 1.54) is 11.1 Å². The predicted molar refractivity (Wildman–Crippen MR) is 96.1 cm³/mol. The fraction of sp³-hybridized carbons (Fsp3) is 0.333. The van der Waals surface area contributed by atoms with Crippen molar-refractivity contribution in [2.45, 2.75) is 25.3 Å². The molecule has 3 rings (SSSR count). The van der Waals surface area contributed by atoms with Crippen molar-refractivity contribution < 1.29 is 9.90 Å². The van der Waals surface area contributed by atoms with E-state index in [0.29, 0.717) is 11.5 Å². The summed E-state index contributed by atoms with van der Waals surface area (Å²) >= 11 is 0. The number of likely N-dealkylation sites (N-methyl/N-ethyl adjacent to an activating group) is 1. The number of aryl methyl sites for hydroxylation is 1. The van der Waals surface area contributed by atoms with Gasteiger partial charge in [0, 0.05) is 6.04 Å². The number of fused-ring (bicyclic) bond motifs is 1. The van der Waals surface area contributed by atoms with Crippen molar-refractivity contribution in [2.75, 3.05) is 13.6 Å². The highest BCUT2D eigenvalue weighted by atomic mass is 16.4. The van der Waals surface area contributed by atoms with Crippen molar-refractivity contribution in [3.8, 4) is 6.07 Å². The van der Waals surface area contributed by atoms with Gasteiger partial charge in [-0.15, -0.1) is 0 Å². The molecule has 0 radical (unpaired) electrons. The zero-order valence-electron chi connectivity index (χ0n) is 14.4. The van der Waals surface area contributed by atoms with Gasteiger partial charge in [0.15, 0.2) is 0 Å². The van der Waals surface area contributed by atoms with E-state index in [-0.39, 0.29) is 12.6 Å². The molecule has 0 aromatic heterocycles. The molecule has 0 spiro atoms. The van der Waals surface area contributed by atoms with Crippen molar-refractivity contribution in [1.82, 2.24) is 4.90 Å². The van der Waals surface area contributed by atoms with Crippen LogP contribution >= 0.6 is 0 Å². The Balaban J connectivity index is 1.89. The SMILES string of the molecule is CN(CC(=O)O)C(c1ccccc1)C1CCc2cc(C#N)ccc2C1. The average Bonchev–Trinajstić information content (AvgIpc) is 2.61. The van der Waals surface area contributed by atoms with Crippen molar-refractivity contribution in [3.63, 3.8) is 0 Å². The number of carboxylic acid groups (broad SMARTS) is 1. The Kier molecular flexibility index (Phi) is 5.16. The van der Waals surface area contributed by atoms with Crippen LogP contribution in [0, 0.1) is 17.2 Å². The maximum absolute atomic E-state index is 11.2. The minimum Gasteiger partial charge on any atom is -0.480 e. The van der Waals surface area contributed by atoms with Crippen LogP contribution in [0.4, 0.5) is 0 Å². The van der Waals surface area contributed by atoms with Crippen molar-refractivity contribution in [3.05, 3.63) is 70.8 Å². The Hall–Kier alpha value is -2.64. The van der Waals surface area contributed by atoms with Gasteiger partial charge >= 0.3 is 5.97 Å². The standard InChI is InChI=1S/C21H22N2O2/c1-23(14-20(24)25)21(16-5-3-2-4-6-16)19-10-9-17-11-15(13-22)7-8-18(17)12-19/h2-8,11,19,21H,9-10,12,14H2,1H3,(H,24,25). The Morgan fingerprint density at radius 2 is 2.04 bits per heavy atom. The zero-order chi connectivity index (χ0) is 17.8. The first-order valence-electron chi connectivity index (χ1n) is 8.57. The van der Waals surface area contributed by atoms with Crippen LogP contribution in [0.25, 0.3) is 0 Å². The summed E-state index contributed by atoms with van der Waals surface area (Å²) in [5.41, 5.74) is 4.40. The minimum atomic E-state index is -0.807. The summed E-state index contributed by atoms with van der Waals surface area (Å²) in [6.45, 7) is 0.0241. The Labute approximate surface area is 148 Å². The number of hydrogen-bond acceptors (Lipinski definition) is 3. The molecule has 1 aliphatic rings. The zero-order valence-corrected chi connectivity index (χ0v) is 14.4. The average molecular weight is 334 g/mol. The first-order valence-corrected chi connectivity index (χ1v) is 8.57. The number of carbonyl (C=O) groups is 1. The van der Waals surface area contributed by atoms with Crippen LogP contribution < -0.4 is 0 Å². The predicted octanol–water partition coefficient (Wildman–Crippen LogP) is 3.42. The van der Waals surface area contributed by atoms with E-state index in [2.05, 4.69) is 24.3 Å². The molecule has 0 saturated carbocycles. The van der Waals surface area contributed by atoms with Gasteiger partial charge in [0.1, 0.15) is 0 Å². The lowest BCUT2D eigenvalue weighted by molar-refractivity contribution is -0.138. The number of nitrogens with zero attached hydrogens (tertiary/aromatic N) is 2. The van der Waals surface area contributed by atoms with Crippen LogP contribution in [0.1, 0.15) is 34.7 Å². The molecule has 0 heterocycles. The Morgan fingerprint density at radius 3 is 2.72 bits per heavy atom. The van der Waals surface area contributed by atoms with Gasteiger partial charge in [0.2, 0.25) is 0 Å². The summed E-state index contributed by atoms with van der Waals surface area (Å²) in [5.74, 6) is -0.453. The molecule has 0 amide bonds. The van der Waals surface area contributed by atoms with E-state index in [4.69, 9.17) is 5.26 Å². The number of hydrogen-bond donors (Lipinski definition) is 1. The summed E-state index contributed by atoms with van der Waals surface area (Å²) < 4.78 is 0. The third-order valence-electron chi connectivity index (χ3n) is 5.05. The van der Waals surface area contributed by atoms with Gasteiger partial charge in [-0.1, -0.05) is 36.4 Å². The summed E-state index contributed by atoms with van der Waals surface area (Å²) in [6.07, 6.45) is 2.83. The molecule has 2 atom stereocenters. The molecule has 1 N–H and O–H groups in total. The molecule has 2 aromatic carbocycles. The molecule has 0 aliphatic heterocycles. The molecule has 4 heteroatoms. The maximum atomic E-state index is 11.2. The second-order valence-electron chi connectivity index (χ2n) is 6.76. The van der Waals surface area contributed by atoms with Gasteiger partial charge in [-0.25, -0.2) is 0 Å². The van der Waals surface area contributed by atoms with E-state index in [9.17, 15) is 9.90 Å². The second kappa shape index (κ2) is 7.50. The highest BCUT2D eigenvalue weighted by Crippen LogP contribution is 2.37. The number of aliphatic carboxylic acids is 1. The molecular weight excluding hydrogens is 312 g/mol. The number of nitriles is 1. The summed E-state index contributed by atoms with van der Waals surface area (Å²) in [6, 6.07) is 18.4. The topological polar surface area (TPSA) is 64.3 Å². The highest BCUT2D eigenvalue weighted by molar-refractivity contribution is 5.69. The molecule has 25 heavy (non-hydrogen) atoms. The Bertz CT molecular complexity index is 795. The van der Waals surface area contributed by atoms with Crippen LogP contribution in [-0.2, 0) is 17.6 Å². The minimum absolute atomic E-state index is 0.0241. The van der Waals surface area contributed by atoms with Gasteiger partial charge in [-0.05, 0) is 61.1 Å². The van der Waals surface area contributed by atoms with E-state index in [1.54, 1.807) is 0 Å². The van der Waals surface area contributed by atoms with Crippen LogP contribution in [0.15, 0.2) is 48.5 Å². The largest absolute Gasteiger partial charge is 0.480 e. The lowest BCUT2D eigenvalue weighted by Crippen LogP contribution is -2.36.